The van der Waals surface area contributed by atoms with Gasteiger partial charge in [-0.1, -0.05) is 29.3 Å². The van der Waals surface area contributed by atoms with Gasteiger partial charge >= 0.3 is 0 Å². The van der Waals surface area contributed by atoms with Crippen molar-refractivity contribution in [3.8, 4) is 0 Å². The minimum Gasteiger partial charge on any atom is -0.271 e. The summed E-state index contributed by atoms with van der Waals surface area (Å²) in [5.41, 5.74) is 4.95. The Morgan fingerprint density at radius 2 is 2.00 bits per heavy atom. The molecule has 19 heavy (non-hydrogen) atoms. The molecule has 1 atom stereocenters. The molecule has 1 aromatic heterocycles. The summed E-state index contributed by atoms with van der Waals surface area (Å²) in [5, 5.41) is 1.33. The molecule has 0 spiro atoms. The van der Waals surface area contributed by atoms with E-state index in [0.717, 1.165) is 14.2 Å². The molecule has 0 bridgehead atoms. The van der Waals surface area contributed by atoms with E-state index in [0.29, 0.717) is 16.5 Å². The fraction of sp³-hybridized carbons (Fsp3) is 0.231. The van der Waals surface area contributed by atoms with Crippen LogP contribution in [0.25, 0.3) is 0 Å². The fourth-order valence-corrected chi connectivity index (χ4v) is 4.01. The maximum absolute atomic E-state index is 6.20. The molecule has 0 amide bonds. The first kappa shape index (κ1) is 15.3. The van der Waals surface area contributed by atoms with Crippen molar-refractivity contribution in [1.82, 2.24) is 5.43 Å². The van der Waals surface area contributed by atoms with Crippen molar-refractivity contribution in [3.05, 3.63) is 54.1 Å². The van der Waals surface area contributed by atoms with Crippen LogP contribution in [0.5, 0.6) is 0 Å². The van der Waals surface area contributed by atoms with Crippen molar-refractivity contribution < 1.29 is 0 Å². The third kappa shape index (κ3) is 3.51. The van der Waals surface area contributed by atoms with Crippen molar-refractivity contribution in [2.75, 3.05) is 0 Å². The maximum Gasteiger partial charge on any atom is 0.0731 e. The predicted octanol–water partition coefficient (Wildman–Crippen LogP) is 4.87. The highest BCUT2D eigenvalue weighted by Crippen LogP contribution is 2.35. The van der Waals surface area contributed by atoms with Crippen molar-refractivity contribution >= 4 is 50.5 Å². The third-order valence-corrected chi connectivity index (χ3v) is 5.85. The molecule has 1 heterocycles. The largest absolute Gasteiger partial charge is 0.271 e. The highest BCUT2D eigenvalue weighted by Gasteiger charge is 2.17. The lowest BCUT2D eigenvalue weighted by molar-refractivity contribution is 0.560. The SMILES string of the molecule is Cc1cc(C(Cc2c(Cl)cccc2Cl)NN)sc1Br. The maximum atomic E-state index is 6.20. The second kappa shape index (κ2) is 6.57. The Balaban J connectivity index is 2.29. The lowest BCUT2D eigenvalue weighted by atomic mass is 10.0. The van der Waals surface area contributed by atoms with Gasteiger partial charge in [0.2, 0.25) is 0 Å². The number of hydrazine groups is 1. The van der Waals surface area contributed by atoms with Crippen LogP contribution in [-0.4, -0.2) is 0 Å². The van der Waals surface area contributed by atoms with Crippen molar-refractivity contribution in [2.45, 2.75) is 19.4 Å². The van der Waals surface area contributed by atoms with Gasteiger partial charge in [-0.3, -0.25) is 11.3 Å². The van der Waals surface area contributed by atoms with Crippen LogP contribution in [0.2, 0.25) is 10.0 Å². The molecule has 0 aliphatic carbocycles. The summed E-state index contributed by atoms with van der Waals surface area (Å²) in [6, 6.07) is 7.62. The standard InChI is InChI=1S/C13H13BrCl2N2S/c1-7-5-12(19-13(7)14)11(18-17)6-8-9(15)3-2-4-10(8)16/h2-5,11,18H,6,17H2,1H3. The number of benzene rings is 1. The normalized spacial score (nSPS) is 12.7. The number of nitrogens with two attached hydrogens (primary N) is 1. The van der Waals surface area contributed by atoms with Crippen LogP contribution in [-0.2, 0) is 6.42 Å². The molecular formula is C13H13BrCl2N2S. The monoisotopic (exact) mass is 378 g/mol. The van der Waals surface area contributed by atoms with Gasteiger partial charge in [0.1, 0.15) is 0 Å². The van der Waals surface area contributed by atoms with Gasteiger partial charge in [0.05, 0.1) is 9.83 Å². The van der Waals surface area contributed by atoms with Crippen LogP contribution in [0.3, 0.4) is 0 Å². The van der Waals surface area contributed by atoms with Crippen molar-refractivity contribution in [2.24, 2.45) is 5.84 Å². The minimum atomic E-state index is -0.00704. The van der Waals surface area contributed by atoms with Crippen molar-refractivity contribution in [3.63, 3.8) is 0 Å². The molecule has 0 saturated carbocycles. The van der Waals surface area contributed by atoms with E-state index in [9.17, 15) is 0 Å². The molecule has 2 nitrogen and oxygen atoms in total. The Bertz CT molecular complexity index is 546. The first-order chi connectivity index (χ1) is 9.02. The molecule has 2 rings (SSSR count). The number of hydrogen-bond donors (Lipinski definition) is 2. The second-order valence-corrected chi connectivity index (χ2v) is 7.45. The molecular weight excluding hydrogens is 367 g/mol. The third-order valence-electron chi connectivity index (χ3n) is 2.89. The van der Waals surface area contributed by atoms with E-state index in [-0.39, 0.29) is 6.04 Å². The van der Waals surface area contributed by atoms with Gasteiger partial charge in [-0.05, 0) is 58.6 Å². The topological polar surface area (TPSA) is 38.0 Å². The molecule has 0 aliphatic heterocycles. The van der Waals surface area contributed by atoms with E-state index < -0.39 is 0 Å². The zero-order chi connectivity index (χ0) is 14.0. The van der Waals surface area contributed by atoms with Gasteiger partial charge in [0.15, 0.2) is 0 Å². The van der Waals surface area contributed by atoms with E-state index in [4.69, 9.17) is 29.0 Å². The van der Waals surface area contributed by atoms with Crippen LogP contribution in [0.15, 0.2) is 28.1 Å². The summed E-state index contributed by atoms with van der Waals surface area (Å²) in [5.74, 6) is 5.67. The van der Waals surface area contributed by atoms with E-state index in [1.54, 1.807) is 11.3 Å². The summed E-state index contributed by atoms with van der Waals surface area (Å²) in [6.07, 6.45) is 0.654. The fourth-order valence-electron chi connectivity index (χ4n) is 1.83. The zero-order valence-corrected chi connectivity index (χ0v) is 14.1. The van der Waals surface area contributed by atoms with Gasteiger partial charge in [-0.15, -0.1) is 11.3 Å². The number of halogens is 3. The summed E-state index contributed by atoms with van der Waals surface area (Å²) < 4.78 is 1.12. The molecule has 2 aromatic rings. The van der Waals surface area contributed by atoms with E-state index in [2.05, 4.69) is 34.3 Å². The number of hydrogen-bond acceptors (Lipinski definition) is 3. The van der Waals surface area contributed by atoms with E-state index in [1.807, 2.05) is 18.2 Å². The second-order valence-electron chi connectivity index (χ2n) is 4.23. The van der Waals surface area contributed by atoms with Gasteiger partial charge < -0.3 is 0 Å². The van der Waals surface area contributed by atoms with Crippen LogP contribution in [0.4, 0.5) is 0 Å². The Kier molecular flexibility index (Phi) is 5.29. The molecule has 0 fully saturated rings. The average molecular weight is 380 g/mol. The zero-order valence-electron chi connectivity index (χ0n) is 10.2. The molecule has 6 heteroatoms. The summed E-state index contributed by atoms with van der Waals surface area (Å²) in [4.78, 5) is 1.16. The van der Waals surface area contributed by atoms with Gasteiger partial charge in [-0.25, -0.2) is 0 Å². The Labute approximate surface area is 135 Å². The van der Waals surface area contributed by atoms with E-state index >= 15 is 0 Å². The van der Waals surface area contributed by atoms with Crippen molar-refractivity contribution in [1.29, 1.82) is 0 Å². The Morgan fingerprint density at radius 1 is 1.37 bits per heavy atom. The lowest BCUT2D eigenvalue weighted by Crippen LogP contribution is -2.29. The predicted molar refractivity (Wildman–Crippen MR) is 87.0 cm³/mol. The summed E-state index contributed by atoms with van der Waals surface area (Å²) in [6.45, 7) is 2.06. The highest BCUT2D eigenvalue weighted by atomic mass is 79.9. The van der Waals surface area contributed by atoms with Crippen LogP contribution in [0, 0.1) is 6.92 Å². The first-order valence-corrected chi connectivity index (χ1v) is 8.04. The van der Waals surface area contributed by atoms with Crippen LogP contribution in [0.1, 0.15) is 22.0 Å². The quantitative estimate of drug-likeness (QED) is 0.587. The summed E-state index contributed by atoms with van der Waals surface area (Å²) >= 11 is 17.6. The number of rotatable bonds is 4. The number of thiophene rings is 1. The van der Waals surface area contributed by atoms with Crippen LogP contribution < -0.4 is 11.3 Å². The Morgan fingerprint density at radius 3 is 2.47 bits per heavy atom. The highest BCUT2D eigenvalue weighted by molar-refractivity contribution is 9.11. The molecule has 0 radical (unpaired) electrons. The lowest BCUT2D eigenvalue weighted by Gasteiger charge is -2.16. The smallest absolute Gasteiger partial charge is 0.0731 e. The number of aryl methyl sites for hydroxylation is 1. The van der Waals surface area contributed by atoms with Gasteiger partial charge in [-0.2, -0.15) is 0 Å². The molecule has 102 valence electrons. The van der Waals surface area contributed by atoms with Gasteiger partial charge in [0, 0.05) is 14.9 Å². The molecule has 1 unspecified atom stereocenters. The molecule has 0 saturated heterocycles. The first-order valence-electron chi connectivity index (χ1n) is 5.67. The molecule has 3 N–H and O–H groups in total. The van der Waals surface area contributed by atoms with Crippen LogP contribution >= 0.6 is 50.5 Å². The summed E-state index contributed by atoms with van der Waals surface area (Å²) in [7, 11) is 0. The number of nitrogens with one attached hydrogen (secondary N) is 1. The van der Waals surface area contributed by atoms with E-state index in [1.165, 1.54) is 5.56 Å². The molecule has 1 aromatic carbocycles. The minimum absolute atomic E-state index is 0.00704. The average Bonchev–Trinajstić information content (AvgIpc) is 2.69. The van der Waals surface area contributed by atoms with Gasteiger partial charge in [0.25, 0.3) is 0 Å². The Hall–Kier alpha value is -0.100. The molecule has 0 aliphatic rings.